The molecule has 2 rings (SSSR count). The van der Waals surface area contributed by atoms with Gasteiger partial charge in [-0.05, 0) is 18.8 Å². The Morgan fingerprint density at radius 1 is 1.60 bits per heavy atom. The first-order valence-corrected chi connectivity index (χ1v) is 5.83. The van der Waals surface area contributed by atoms with E-state index in [1.807, 2.05) is 0 Å². The molecule has 82 valence electrons. The molecule has 0 amide bonds. The van der Waals surface area contributed by atoms with Crippen molar-refractivity contribution in [3.63, 3.8) is 0 Å². The van der Waals surface area contributed by atoms with Crippen LogP contribution in [0.25, 0.3) is 0 Å². The van der Waals surface area contributed by atoms with Crippen molar-refractivity contribution in [2.75, 3.05) is 0 Å². The van der Waals surface area contributed by atoms with Crippen molar-refractivity contribution in [2.45, 2.75) is 44.9 Å². The number of imidazole rings is 1. The minimum atomic E-state index is 0.539. The number of carbonyl (C=O) groups is 1. The van der Waals surface area contributed by atoms with Gasteiger partial charge in [0.15, 0.2) is 6.29 Å². The van der Waals surface area contributed by atoms with Gasteiger partial charge < -0.3 is 4.98 Å². The molecule has 0 bridgehead atoms. The van der Waals surface area contributed by atoms with Crippen LogP contribution < -0.4 is 0 Å². The van der Waals surface area contributed by atoms with Crippen molar-refractivity contribution in [2.24, 2.45) is 5.92 Å². The number of rotatable bonds is 3. The van der Waals surface area contributed by atoms with E-state index in [0.29, 0.717) is 11.6 Å². The van der Waals surface area contributed by atoms with Gasteiger partial charge in [-0.25, -0.2) is 4.98 Å². The van der Waals surface area contributed by atoms with E-state index in [9.17, 15) is 4.79 Å². The zero-order chi connectivity index (χ0) is 10.7. The van der Waals surface area contributed by atoms with Crippen LogP contribution in [0.1, 0.15) is 61.3 Å². The summed E-state index contributed by atoms with van der Waals surface area (Å²) in [6.45, 7) is 2.26. The van der Waals surface area contributed by atoms with E-state index in [0.717, 1.165) is 18.0 Å². The van der Waals surface area contributed by atoms with Crippen LogP contribution in [0.15, 0.2) is 6.20 Å². The molecule has 1 fully saturated rings. The minimum Gasteiger partial charge on any atom is -0.340 e. The van der Waals surface area contributed by atoms with E-state index in [1.54, 1.807) is 6.20 Å². The van der Waals surface area contributed by atoms with Crippen LogP contribution in [0.2, 0.25) is 0 Å². The summed E-state index contributed by atoms with van der Waals surface area (Å²) in [5.41, 5.74) is 0.601. The lowest BCUT2D eigenvalue weighted by atomic mass is 9.80. The first-order chi connectivity index (χ1) is 7.33. The molecule has 0 radical (unpaired) electrons. The molecule has 1 aromatic heterocycles. The Labute approximate surface area is 90.3 Å². The number of aldehydes is 1. The molecule has 0 spiro atoms. The van der Waals surface area contributed by atoms with Crippen LogP contribution in [0.5, 0.6) is 0 Å². The monoisotopic (exact) mass is 206 g/mol. The second-order valence-electron chi connectivity index (χ2n) is 4.48. The smallest absolute Gasteiger partial charge is 0.167 e. The fourth-order valence-corrected chi connectivity index (χ4v) is 2.53. The molecule has 3 heteroatoms. The van der Waals surface area contributed by atoms with Crippen molar-refractivity contribution < 1.29 is 4.79 Å². The van der Waals surface area contributed by atoms with Gasteiger partial charge >= 0.3 is 0 Å². The number of H-pyrrole nitrogens is 1. The number of aromatic nitrogens is 2. The molecule has 1 heterocycles. The molecule has 1 N–H and O–H groups in total. The van der Waals surface area contributed by atoms with Gasteiger partial charge in [0.1, 0.15) is 5.82 Å². The highest BCUT2D eigenvalue weighted by Crippen LogP contribution is 2.36. The average Bonchev–Trinajstić information content (AvgIpc) is 2.78. The molecule has 1 aliphatic carbocycles. The molecule has 1 aliphatic rings. The third-order valence-corrected chi connectivity index (χ3v) is 3.49. The Morgan fingerprint density at radius 2 is 2.47 bits per heavy atom. The summed E-state index contributed by atoms with van der Waals surface area (Å²) >= 11 is 0. The van der Waals surface area contributed by atoms with Gasteiger partial charge in [-0.1, -0.05) is 26.2 Å². The van der Waals surface area contributed by atoms with Crippen LogP contribution in [-0.2, 0) is 0 Å². The van der Waals surface area contributed by atoms with Crippen molar-refractivity contribution in [3.05, 3.63) is 17.7 Å². The lowest BCUT2D eigenvalue weighted by molar-refractivity contribution is 0.111. The van der Waals surface area contributed by atoms with Crippen LogP contribution >= 0.6 is 0 Å². The highest BCUT2D eigenvalue weighted by atomic mass is 16.1. The van der Waals surface area contributed by atoms with Crippen LogP contribution in [0, 0.1) is 5.92 Å². The predicted octanol–water partition coefficient (Wildman–Crippen LogP) is 2.91. The fraction of sp³-hybridized carbons (Fsp3) is 0.667. The topological polar surface area (TPSA) is 45.8 Å². The molecule has 3 nitrogen and oxygen atoms in total. The number of nitrogens with one attached hydrogen (secondary N) is 1. The van der Waals surface area contributed by atoms with Gasteiger partial charge in [-0.3, -0.25) is 4.79 Å². The third-order valence-electron chi connectivity index (χ3n) is 3.49. The molecule has 0 saturated heterocycles. The second kappa shape index (κ2) is 4.60. The minimum absolute atomic E-state index is 0.539. The van der Waals surface area contributed by atoms with E-state index in [-0.39, 0.29) is 0 Å². The maximum absolute atomic E-state index is 10.6. The average molecular weight is 206 g/mol. The molecular weight excluding hydrogens is 188 g/mol. The summed E-state index contributed by atoms with van der Waals surface area (Å²) < 4.78 is 0. The lowest BCUT2D eigenvalue weighted by Crippen LogP contribution is -2.14. The van der Waals surface area contributed by atoms with Crippen molar-refractivity contribution in [1.29, 1.82) is 0 Å². The predicted molar refractivity (Wildman–Crippen MR) is 59.0 cm³/mol. The standard InChI is InChI=1S/C12H18N2O/c1-2-9-4-3-5-10(6-9)12-13-7-11(8-15)14-12/h7-10H,2-6H2,1H3,(H,13,14). The SMILES string of the molecule is CCC1CCCC(c2ncc(C=O)[nH]2)C1. The Balaban J connectivity index is 2.06. The highest BCUT2D eigenvalue weighted by Gasteiger charge is 2.23. The summed E-state index contributed by atoms with van der Waals surface area (Å²) in [6, 6.07) is 0. The maximum Gasteiger partial charge on any atom is 0.167 e. The molecule has 0 aliphatic heterocycles. The number of carbonyl (C=O) groups excluding carboxylic acids is 1. The Bertz CT molecular complexity index is 332. The maximum atomic E-state index is 10.6. The van der Waals surface area contributed by atoms with E-state index in [4.69, 9.17) is 0 Å². The third kappa shape index (κ3) is 2.28. The highest BCUT2D eigenvalue weighted by molar-refractivity contribution is 5.71. The first-order valence-electron chi connectivity index (χ1n) is 5.83. The van der Waals surface area contributed by atoms with Gasteiger partial charge in [-0.15, -0.1) is 0 Å². The Hall–Kier alpha value is -1.12. The summed E-state index contributed by atoms with van der Waals surface area (Å²) in [7, 11) is 0. The lowest BCUT2D eigenvalue weighted by Gasteiger charge is -2.26. The molecular formula is C12H18N2O. The molecule has 0 aromatic carbocycles. The summed E-state index contributed by atoms with van der Waals surface area (Å²) in [4.78, 5) is 17.9. The summed E-state index contributed by atoms with van der Waals surface area (Å²) in [5.74, 6) is 2.39. The second-order valence-corrected chi connectivity index (χ2v) is 4.48. The fourth-order valence-electron chi connectivity index (χ4n) is 2.53. The van der Waals surface area contributed by atoms with E-state index < -0.39 is 0 Å². The van der Waals surface area contributed by atoms with E-state index in [2.05, 4.69) is 16.9 Å². The molecule has 1 saturated carbocycles. The normalized spacial score (nSPS) is 26.5. The van der Waals surface area contributed by atoms with E-state index >= 15 is 0 Å². The zero-order valence-corrected chi connectivity index (χ0v) is 9.20. The van der Waals surface area contributed by atoms with Crippen molar-refractivity contribution in [3.8, 4) is 0 Å². The Morgan fingerprint density at radius 3 is 3.13 bits per heavy atom. The quantitative estimate of drug-likeness (QED) is 0.773. The first kappa shape index (κ1) is 10.4. The number of hydrogen-bond donors (Lipinski definition) is 1. The van der Waals surface area contributed by atoms with Crippen LogP contribution in [0.4, 0.5) is 0 Å². The van der Waals surface area contributed by atoms with Gasteiger partial charge in [-0.2, -0.15) is 0 Å². The summed E-state index contributed by atoms with van der Waals surface area (Å²) in [6.07, 6.45) is 8.81. The number of nitrogens with zero attached hydrogens (tertiary/aromatic N) is 1. The number of hydrogen-bond acceptors (Lipinski definition) is 2. The van der Waals surface area contributed by atoms with Gasteiger partial charge in [0.25, 0.3) is 0 Å². The largest absolute Gasteiger partial charge is 0.340 e. The van der Waals surface area contributed by atoms with Gasteiger partial charge in [0, 0.05) is 5.92 Å². The van der Waals surface area contributed by atoms with Crippen molar-refractivity contribution >= 4 is 6.29 Å². The van der Waals surface area contributed by atoms with Crippen LogP contribution in [-0.4, -0.2) is 16.3 Å². The molecule has 1 aromatic rings. The zero-order valence-electron chi connectivity index (χ0n) is 9.20. The van der Waals surface area contributed by atoms with E-state index in [1.165, 1.54) is 32.1 Å². The van der Waals surface area contributed by atoms with Crippen molar-refractivity contribution in [1.82, 2.24) is 9.97 Å². The molecule has 15 heavy (non-hydrogen) atoms. The molecule has 2 unspecified atom stereocenters. The van der Waals surface area contributed by atoms with Crippen LogP contribution in [0.3, 0.4) is 0 Å². The Kier molecular flexibility index (Phi) is 3.19. The number of aromatic amines is 1. The van der Waals surface area contributed by atoms with Gasteiger partial charge in [0.05, 0.1) is 11.9 Å². The van der Waals surface area contributed by atoms with Gasteiger partial charge in [0.2, 0.25) is 0 Å². The summed E-state index contributed by atoms with van der Waals surface area (Å²) in [5, 5.41) is 0. The molecule has 2 atom stereocenters.